The van der Waals surface area contributed by atoms with Gasteiger partial charge in [0.05, 0.1) is 12.7 Å². The Morgan fingerprint density at radius 1 is 1.38 bits per heavy atom. The van der Waals surface area contributed by atoms with E-state index >= 15 is 0 Å². The molecule has 1 aromatic carbocycles. The Morgan fingerprint density at radius 3 is 2.69 bits per heavy atom. The fourth-order valence-corrected chi connectivity index (χ4v) is 1.24. The number of hydrogen-bond donors (Lipinski definition) is 1. The van der Waals surface area contributed by atoms with E-state index < -0.39 is 11.9 Å². The molecule has 2 N–H and O–H groups in total. The Morgan fingerprint density at radius 2 is 2.06 bits per heavy atom. The van der Waals surface area contributed by atoms with Gasteiger partial charge in [0.15, 0.2) is 0 Å². The highest BCUT2D eigenvalue weighted by molar-refractivity contribution is 5.93. The monoisotopic (exact) mass is 219 g/mol. The zero-order valence-electron chi connectivity index (χ0n) is 8.97. The van der Waals surface area contributed by atoms with Crippen LogP contribution < -0.4 is 5.73 Å². The number of rotatable bonds is 4. The smallest absolute Gasteiger partial charge is 0.338 e. The third-order valence-electron chi connectivity index (χ3n) is 1.98. The van der Waals surface area contributed by atoms with Crippen LogP contribution in [0.15, 0.2) is 30.3 Å². The minimum atomic E-state index is -0.410. The zero-order chi connectivity index (χ0) is 12.0. The van der Waals surface area contributed by atoms with Gasteiger partial charge in [0.1, 0.15) is 0 Å². The Balaban J connectivity index is 2.91. The van der Waals surface area contributed by atoms with E-state index in [1.54, 1.807) is 36.4 Å². The second-order valence-corrected chi connectivity index (χ2v) is 3.15. The second-order valence-electron chi connectivity index (χ2n) is 3.15. The van der Waals surface area contributed by atoms with Crippen LogP contribution >= 0.6 is 0 Å². The molecular weight excluding hydrogens is 206 g/mol. The van der Waals surface area contributed by atoms with Crippen molar-refractivity contribution in [2.24, 2.45) is 5.73 Å². The first-order valence-electron chi connectivity index (χ1n) is 4.77. The van der Waals surface area contributed by atoms with Gasteiger partial charge in [-0.05, 0) is 11.6 Å². The largest absolute Gasteiger partial charge is 0.465 e. The quantitative estimate of drug-likeness (QED) is 0.777. The van der Waals surface area contributed by atoms with E-state index in [0.717, 1.165) is 0 Å². The van der Waals surface area contributed by atoms with Crippen molar-refractivity contribution < 1.29 is 14.3 Å². The van der Waals surface area contributed by atoms with E-state index in [1.807, 2.05) is 0 Å². The fraction of sp³-hybridized carbons (Fsp3) is 0.167. The van der Waals surface area contributed by atoms with Crippen molar-refractivity contribution in [1.82, 2.24) is 0 Å². The average Bonchev–Trinajstić information content (AvgIpc) is 2.28. The first-order valence-corrected chi connectivity index (χ1v) is 4.77. The Labute approximate surface area is 93.7 Å². The number of benzene rings is 1. The van der Waals surface area contributed by atoms with Gasteiger partial charge in [0.25, 0.3) is 0 Å². The summed E-state index contributed by atoms with van der Waals surface area (Å²) < 4.78 is 4.64. The van der Waals surface area contributed by atoms with Crippen LogP contribution in [0.1, 0.15) is 22.3 Å². The summed E-state index contributed by atoms with van der Waals surface area (Å²) in [4.78, 5) is 21.9. The number of carbonyl (C=O) groups is 2. The molecule has 0 spiro atoms. The Kier molecular flexibility index (Phi) is 4.27. The molecule has 0 aliphatic heterocycles. The maximum absolute atomic E-state index is 11.4. The Bertz CT molecular complexity index is 424. The summed E-state index contributed by atoms with van der Waals surface area (Å²) in [6, 6.07) is 6.98. The third-order valence-corrected chi connectivity index (χ3v) is 1.98. The minimum Gasteiger partial charge on any atom is -0.465 e. The molecule has 0 saturated heterocycles. The van der Waals surface area contributed by atoms with Crippen LogP contribution in [0.2, 0.25) is 0 Å². The minimum absolute atomic E-state index is 0.148. The molecule has 1 aromatic rings. The van der Waals surface area contributed by atoms with E-state index in [2.05, 4.69) is 4.74 Å². The number of nitrogens with two attached hydrogens (primary N) is 1. The van der Waals surface area contributed by atoms with Gasteiger partial charge in [0.2, 0.25) is 5.91 Å². The van der Waals surface area contributed by atoms with Crippen LogP contribution in [-0.4, -0.2) is 19.0 Å². The summed E-state index contributed by atoms with van der Waals surface area (Å²) >= 11 is 0. The molecule has 84 valence electrons. The van der Waals surface area contributed by atoms with Crippen LogP contribution in [0.5, 0.6) is 0 Å². The summed E-state index contributed by atoms with van der Waals surface area (Å²) in [6.45, 7) is 0. The highest BCUT2D eigenvalue weighted by Gasteiger charge is 2.08. The van der Waals surface area contributed by atoms with E-state index in [-0.39, 0.29) is 6.42 Å². The maximum Gasteiger partial charge on any atom is 0.338 e. The van der Waals surface area contributed by atoms with Gasteiger partial charge in [-0.15, -0.1) is 0 Å². The lowest BCUT2D eigenvalue weighted by Crippen LogP contribution is -2.08. The summed E-state index contributed by atoms with van der Waals surface area (Å²) in [5, 5.41) is 0. The molecule has 16 heavy (non-hydrogen) atoms. The van der Waals surface area contributed by atoms with E-state index in [4.69, 9.17) is 5.73 Å². The molecule has 0 fully saturated rings. The van der Waals surface area contributed by atoms with Gasteiger partial charge in [-0.2, -0.15) is 0 Å². The number of methoxy groups -OCH3 is 1. The summed E-state index contributed by atoms with van der Waals surface area (Å²) in [5.41, 5.74) is 6.17. The van der Waals surface area contributed by atoms with Crippen molar-refractivity contribution in [3.8, 4) is 0 Å². The summed E-state index contributed by atoms with van der Waals surface area (Å²) in [6.07, 6.45) is 3.44. The van der Waals surface area contributed by atoms with E-state index in [1.165, 1.54) is 7.11 Å². The van der Waals surface area contributed by atoms with Gasteiger partial charge in [-0.1, -0.05) is 30.4 Å². The lowest BCUT2D eigenvalue weighted by Gasteiger charge is -2.02. The molecule has 0 aliphatic rings. The highest BCUT2D eigenvalue weighted by Crippen LogP contribution is 2.12. The Hall–Kier alpha value is -2.10. The molecule has 0 heterocycles. The molecule has 0 unspecified atom stereocenters. The van der Waals surface area contributed by atoms with Gasteiger partial charge < -0.3 is 10.5 Å². The number of amides is 1. The van der Waals surface area contributed by atoms with Gasteiger partial charge in [0, 0.05) is 6.42 Å². The molecule has 0 aromatic heterocycles. The van der Waals surface area contributed by atoms with E-state index in [0.29, 0.717) is 11.1 Å². The SMILES string of the molecule is COC(=O)c1ccccc1C=CCC(N)=O. The number of hydrogen-bond acceptors (Lipinski definition) is 3. The number of carbonyl (C=O) groups excluding carboxylic acids is 2. The summed E-state index contributed by atoms with van der Waals surface area (Å²) in [7, 11) is 1.33. The second kappa shape index (κ2) is 5.70. The van der Waals surface area contributed by atoms with Crippen molar-refractivity contribution in [2.75, 3.05) is 7.11 Å². The predicted octanol–water partition coefficient (Wildman–Crippen LogP) is 1.36. The van der Waals surface area contributed by atoms with Crippen molar-refractivity contribution in [3.05, 3.63) is 41.5 Å². The van der Waals surface area contributed by atoms with Crippen LogP contribution in [0.4, 0.5) is 0 Å². The molecule has 0 atom stereocenters. The van der Waals surface area contributed by atoms with Gasteiger partial charge in [-0.25, -0.2) is 4.79 Å². The van der Waals surface area contributed by atoms with E-state index in [9.17, 15) is 9.59 Å². The van der Waals surface area contributed by atoms with Crippen molar-refractivity contribution in [3.63, 3.8) is 0 Å². The third kappa shape index (κ3) is 3.24. The molecule has 1 amide bonds. The standard InChI is InChI=1S/C12H13NO3/c1-16-12(15)10-7-3-2-5-9(10)6-4-8-11(13)14/h2-7H,8H2,1H3,(H2,13,14). The first kappa shape index (κ1) is 12.0. The van der Waals surface area contributed by atoms with Crippen LogP contribution in [0, 0.1) is 0 Å². The molecule has 1 rings (SSSR count). The van der Waals surface area contributed by atoms with Crippen molar-refractivity contribution >= 4 is 18.0 Å². The lowest BCUT2D eigenvalue weighted by atomic mass is 10.1. The average molecular weight is 219 g/mol. The zero-order valence-corrected chi connectivity index (χ0v) is 8.97. The molecule has 0 bridgehead atoms. The van der Waals surface area contributed by atoms with Crippen molar-refractivity contribution in [2.45, 2.75) is 6.42 Å². The number of ether oxygens (including phenoxy) is 1. The molecule has 4 heteroatoms. The molecule has 0 radical (unpaired) electrons. The van der Waals surface area contributed by atoms with Crippen LogP contribution in [0.25, 0.3) is 6.08 Å². The molecular formula is C12H13NO3. The van der Waals surface area contributed by atoms with Gasteiger partial charge >= 0.3 is 5.97 Å². The van der Waals surface area contributed by atoms with Gasteiger partial charge in [-0.3, -0.25) is 4.79 Å². The lowest BCUT2D eigenvalue weighted by molar-refractivity contribution is -0.117. The first-order chi connectivity index (χ1) is 7.65. The molecule has 0 aliphatic carbocycles. The highest BCUT2D eigenvalue weighted by atomic mass is 16.5. The normalized spacial score (nSPS) is 10.3. The molecule has 4 nitrogen and oxygen atoms in total. The van der Waals surface area contributed by atoms with Crippen molar-refractivity contribution in [1.29, 1.82) is 0 Å². The summed E-state index contributed by atoms with van der Waals surface area (Å²) in [5.74, 6) is -0.814. The van der Waals surface area contributed by atoms with Crippen LogP contribution in [0.3, 0.4) is 0 Å². The number of primary amides is 1. The molecule has 0 saturated carbocycles. The maximum atomic E-state index is 11.4. The fourth-order valence-electron chi connectivity index (χ4n) is 1.24. The van der Waals surface area contributed by atoms with Crippen LogP contribution in [-0.2, 0) is 9.53 Å². The number of esters is 1. The topological polar surface area (TPSA) is 69.4 Å². The predicted molar refractivity (Wildman–Crippen MR) is 60.6 cm³/mol.